The summed E-state index contributed by atoms with van der Waals surface area (Å²) in [6.07, 6.45) is 0.0564. The number of rotatable bonds is 8. The second-order valence-corrected chi connectivity index (χ2v) is 7.78. The van der Waals surface area contributed by atoms with E-state index in [1.54, 1.807) is 45.9 Å². The molecule has 0 amide bonds. The Bertz CT molecular complexity index is 836. The Kier molecular flexibility index (Phi) is 6.90. The number of thiazole rings is 1. The molecule has 0 aliphatic heterocycles. The minimum atomic E-state index is -0.573. The van der Waals surface area contributed by atoms with Crippen LogP contribution in [0.25, 0.3) is 10.2 Å². The van der Waals surface area contributed by atoms with Crippen LogP contribution in [0.2, 0.25) is 0 Å². The molecule has 1 aromatic heterocycles. The van der Waals surface area contributed by atoms with Crippen LogP contribution in [0, 0.1) is 0 Å². The van der Waals surface area contributed by atoms with Gasteiger partial charge in [0.25, 0.3) is 0 Å². The van der Waals surface area contributed by atoms with Crippen molar-refractivity contribution in [1.82, 2.24) is 4.98 Å². The molecule has 0 aliphatic carbocycles. The molecule has 146 valence electrons. The molecule has 0 atom stereocenters. The molecule has 2 rings (SSSR count). The summed E-state index contributed by atoms with van der Waals surface area (Å²) in [6.45, 7) is 7.18. The van der Waals surface area contributed by atoms with Crippen molar-refractivity contribution in [3.63, 3.8) is 0 Å². The Balaban J connectivity index is 1.98. The van der Waals surface area contributed by atoms with E-state index >= 15 is 0 Å². The van der Waals surface area contributed by atoms with Crippen LogP contribution < -0.4 is 4.74 Å². The molecule has 7 nitrogen and oxygen atoms in total. The third-order valence-electron chi connectivity index (χ3n) is 3.24. The van der Waals surface area contributed by atoms with Crippen molar-refractivity contribution in [2.45, 2.75) is 46.1 Å². The maximum atomic E-state index is 12.3. The van der Waals surface area contributed by atoms with Crippen LogP contribution in [0.4, 0.5) is 0 Å². The fourth-order valence-electron chi connectivity index (χ4n) is 2.17. The van der Waals surface area contributed by atoms with Gasteiger partial charge in [-0.3, -0.25) is 9.59 Å². The first-order valence-corrected chi connectivity index (χ1v) is 9.43. The largest absolute Gasteiger partial charge is 0.482 e. The van der Waals surface area contributed by atoms with Crippen molar-refractivity contribution in [1.29, 1.82) is 0 Å². The molecule has 0 saturated carbocycles. The number of aromatic nitrogens is 1. The highest BCUT2D eigenvalue weighted by Gasteiger charge is 2.19. The number of Topliss-reactive ketones (excluding diaryl/α,β-unsaturated/α-hetero) is 1. The van der Waals surface area contributed by atoms with Gasteiger partial charge in [0, 0.05) is 6.42 Å². The van der Waals surface area contributed by atoms with Crippen LogP contribution in [0.1, 0.15) is 50.3 Å². The average Bonchev–Trinajstić information content (AvgIpc) is 3.00. The zero-order valence-corrected chi connectivity index (χ0v) is 16.7. The number of fused-ring (bicyclic) bond motifs is 1. The summed E-state index contributed by atoms with van der Waals surface area (Å²) < 4.78 is 16.1. The van der Waals surface area contributed by atoms with E-state index in [9.17, 15) is 14.4 Å². The normalized spacial score (nSPS) is 11.3. The lowest BCUT2D eigenvalue weighted by molar-refractivity contribution is -0.154. The highest BCUT2D eigenvalue weighted by Crippen LogP contribution is 2.27. The lowest BCUT2D eigenvalue weighted by atomic mass is 10.2. The van der Waals surface area contributed by atoms with E-state index in [0.717, 1.165) is 4.70 Å². The molecule has 2 aromatic rings. The van der Waals surface area contributed by atoms with E-state index < -0.39 is 17.5 Å². The monoisotopic (exact) mass is 393 g/mol. The molecule has 27 heavy (non-hydrogen) atoms. The first-order valence-electron chi connectivity index (χ1n) is 8.62. The maximum absolute atomic E-state index is 12.3. The summed E-state index contributed by atoms with van der Waals surface area (Å²) in [5.74, 6) is -0.575. The Morgan fingerprint density at radius 1 is 1.11 bits per heavy atom. The summed E-state index contributed by atoms with van der Waals surface area (Å²) in [6, 6.07) is 5.12. The highest BCUT2D eigenvalue weighted by molar-refractivity contribution is 7.20. The van der Waals surface area contributed by atoms with E-state index in [2.05, 4.69) is 4.98 Å². The standard InChI is InChI=1S/C19H23NO6S/c1-5-24-17(23)11-25-12-6-7-13-15(10-12)27-18(20-13)14(21)8-9-16(22)26-19(2,3)4/h6-7,10H,5,8-9,11H2,1-4H3. The lowest BCUT2D eigenvalue weighted by Crippen LogP contribution is -2.24. The van der Waals surface area contributed by atoms with Gasteiger partial charge in [0.15, 0.2) is 17.4 Å². The Labute approximate surface area is 161 Å². The molecule has 1 heterocycles. The SMILES string of the molecule is CCOC(=O)COc1ccc2nc(C(=O)CCC(=O)OC(C)(C)C)sc2c1. The van der Waals surface area contributed by atoms with Gasteiger partial charge in [0.1, 0.15) is 11.4 Å². The number of carbonyl (C=O) groups is 3. The summed E-state index contributed by atoms with van der Waals surface area (Å²) in [5.41, 5.74) is 0.0831. The Morgan fingerprint density at radius 3 is 2.52 bits per heavy atom. The van der Waals surface area contributed by atoms with E-state index in [0.29, 0.717) is 22.9 Å². The minimum Gasteiger partial charge on any atom is -0.482 e. The van der Waals surface area contributed by atoms with Crippen LogP contribution in [0.5, 0.6) is 5.75 Å². The smallest absolute Gasteiger partial charge is 0.344 e. The number of carbonyl (C=O) groups excluding carboxylic acids is 3. The first-order chi connectivity index (χ1) is 12.7. The third-order valence-corrected chi connectivity index (χ3v) is 4.30. The quantitative estimate of drug-likeness (QED) is 0.500. The minimum absolute atomic E-state index is 0.0138. The maximum Gasteiger partial charge on any atom is 0.344 e. The van der Waals surface area contributed by atoms with Gasteiger partial charge in [0.2, 0.25) is 0 Å². The van der Waals surface area contributed by atoms with Gasteiger partial charge >= 0.3 is 11.9 Å². The van der Waals surface area contributed by atoms with Gasteiger partial charge in [-0.2, -0.15) is 0 Å². The molecular formula is C19H23NO6S. The average molecular weight is 393 g/mol. The molecule has 0 N–H and O–H groups in total. The van der Waals surface area contributed by atoms with Gasteiger partial charge in [-0.15, -0.1) is 11.3 Å². The lowest BCUT2D eigenvalue weighted by Gasteiger charge is -2.19. The molecule has 0 spiro atoms. The van der Waals surface area contributed by atoms with Gasteiger partial charge in [-0.25, -0.2) is 9.78 Å². The van der Waals surface area contributed by atoms with Crippen LogP contribution in [0.3, 0.4) is 0 Å². The van der Waals surface area contributed by atoms with Crippen molar-refractivity contribution in [3.05, 3.63) is 23.2 Å². The van der Waals surface area contributed by atoms with Crippen molar-refractivity contribution in [2.75, 3.05) is 13.2 Å². The Morgan fingerprint density at radius 2 is 1.85 bits per heavy atom. The summed E-state index contributed by atoms with van der Waals surface area (Å²) in [5, 5.41) is 0.330. The molecule has 0 aliphatic rings. The van der Waals surface area contributed by atoms with Crippen molar-refractivity contribution in [2.24, 2.45) is 0 Å². The van der Waals surface area contributed by atoms with Crippen molar-refractivity contribution >= 4 is 39.3 Å². The summed E-state index contributed by atoms with van der Waals surface area (Å²) in [4.78, 5) is 39.7. The summed E-state index contributed by atoms with van der Waals surface area (Å²) in [7, 11) is 0. The van der Waals surface area contributed by atoms with Crippen LogP contribution >= 0.6 is 11.3 Å². The fraction of sp³-hybridized carbons (Fsp3) is 0.474. The van der Waals surface area contributed by atoms with Gasteiger partial charge < -0.3 is 14.2 Å². The van der Waals surface area contributed by atoms with E-state index in [1.807, 2.05) is 0 Å². The second-order valence-electron chi connectivity index (χ2n) is 6.75. The number of benzene rings is 1. The molecule has 0 unspecified atom stereocenters. The van der Waals surface area contributed by atoms with Crippen LogP contribution in [-0.2, 0) is 19.1 Å². The fourth-order valence-corrected chi connectivity index (χ4v) is 3.14. The van der Waals surface area contributed by atoms with Crippen LogP contribution in [-0.4, -0.2) is 41.5 Å². The van der Waals surface area contributed by atoms with E-state index in [1.165, 1.54) is 11.3 Å². The number of nitrogens with zero attached hydrogens (tertiary/aromatic N) is 1. The Hall–Kier alpha value is -2.48. The van der Waals surface area contributed by atoms with Crippen LogP contribution in [0.15, 0.2) is 18.2 Å². The molecule has 1 aromatic carbocycles. The van der Waals surface area contributed by atoms with Gasteiger partial charge in [-0.1, -0.05) is 0 Å². The zero-order chi connectivity index (χ0) is 20.0. The molecule has 0 saturated heterocycles. The number of hydrogen-bond donors (Lipinski definition) is 0. The number of ketones is 1. The third kappa shape index (κ3) is 6.63. The number of esters is 2. The molecule has 0 radical (unpaired) electrons. The first kappa shape index (κ1) is 20.8. The predicted octanol–water partition coefficient (Wildman–Crippen LogP) is 3.54. The second kappa shape index (κ2) is 8.94. The summed E-state index contributed by atoms with van der Waals surface area (Å²) >= 11 is 1.22. The van der Waals surface area contributed by atoms with E-state index in [4.69, 9.17) is 14.2 Å². The van der Waals surface area contributed by atoms with Gasteiger partial charge in [0.05, 0.1) is 23.2 Å². The number of ether oxygens (including phenoxy) is 3. The molecular weight excluding hydrogens is 370 g/mol. The predicted molar refractivity (Wildman–Crippen MR) is 101 cm³/mol. The van der Waals surface area contributed by atoms with E-state index in [-0.39, 0.29) is 25.2 Å². The zero-order valence-electron chi connectivity index (χ0n) is 15.9. The molecule has 0 fully saturated rings. The number of hydrogen-bond acceptors (Lipinski definition) is 8. The topological polar surface area (TPSA) is 91.8 Å². The highest BCUT2D eigenvalue weighted by atomic mass is 32.1. The van der Waals surface area contributed by atoms with Crippen molar-refractivity contribution < 1.29 is 28.6 Å². The molecule has 0 bridgehead atoms. The molecule has 8 heteroatoms. The van der Waals surface area contributed by atoms with Gasteiger partial charge in [-0.05, 0) is 45.9 Å². The van der Waals surface area contributed by atoms with Crippen molar-refractivity contribution in [3.8, 4) is 5.75 Å².